The molecule has 0 aromatic carbocycles. The average Bonchev–Trinajstić information content (AvgIpc) is 3.30. The standard InChI is InChI=1S/C17H21N3O6S2/c1-4-20(5-2)28(24,25)12-9-13(19(3)10-12)17(23)26-11-15(21)18-16(22)14-7-6-8-27-14/h6-10H,4-5,11H2,1-3H3,(H,18,21,22). The van der Waals surface area contributed by atoms with Crippen molar-refractivity contribution in [3.8, 4) is 0 Å². The summed E-state index contributed by atoms with van der Waals surface area (Å²) in [7, 11) is -2.23. The van der Waals surface area contributed by atoms with Crippen molar-refractivity contribution in [1.82, 2.24) is 14.2 Å². The molecule has 2 aromatic heterocycles. The van der Waals surface area contributed by atoms with Crippen molar-refractivity contribution >= 4 is 39.1 Å². The van der Waals surface area contributed by atoms with Gasteiger partial charge >= 0.3 is 5.97 Å². The van der Waals surface area contributed by atoms with Gasteiger partial charge in [-0.25, -0.2) is 13.2 Å². The van der Waals surface area contributed by atoms with Crippen LogP contribution in [-0.4, -0.2) is 54.8 Å². The molecule has 0 bridgehead atoms. The Hall–Kier alpha value is -2.50. The summed E-state index contributed by atoms with van der Waals surface area (Å²) in [4.78, 5) is 36.1. The zero-order valence-electron chi connectivity index (χ0n) is 15.7. The van der Waals surface area contributed by atoms with E-state index >= 15 is 0 Å². The number of rotatable bonds is 8. The van der Waals surface area contributed by atoms with Crippen LogP contribution in [0.1, 0.15) is 34.0 Å². The molecule has 2 amide bonds. The SMILES string of the molecule is CCN(CC)S(=O)(=O)c1cc(C(=O)OCC(=O)NC(=O)c2cccs2)n(C)c1. The fourth-order valence-electron chi connectivity index (χ4n) is 2.43. The Morgan fingerprint density at radius 2 is 1.93 bits per heavy atom. The van der Waals surface area contributed by atoms with Gasteiger partial charge in [0, 0.05) is 26.3 Å². The van der Waals surface area contributed by atoms with E-state index in [1.54, 1.807) is 31.4 Å². The van der Waals surface area contributed by atoms with Gasteiger partial charge in [0.25, 0.3) is 11.8 Å². The molecule has 0 aliphatic carbocycles. The van der Waals surface area contributed by atoms with Gasteiger partial charge in [-0.05, 0) is 17.5 Å². The van der Waals surface area contributed by atoms with Crippen LogP contribution in [0.15, 0.2) is 34.7 Å². The highest BCUT2D eigenvalue weighted by atomic mass is 32.2. The lowest BCUT2D eigenvalue weighted by atomic mass is 10.4. The summed E-state index contributed by atoms with van der Waals surface area (Å²) in [5, 5.41) is 3.80. The molecule has 0 atom stereocenters. The molecule has 0 aliphatic rings. The van der Waals surface area contributed by atoms with E-state index in [9.17, 15) is 22.8 Å². The van der Waals surface area contributed by atoms with Crippen molar-refractivity contribution in [2.24, 2.45) is 7.05 Å². The highest BCUT2D eigenvalue weighted by Crippen LogP contribution is 2.19. The highest BCUT2D eigenvalue weighted by Gasteiger charge is 2.26. The summed E-state index contributed by atoms with van der Waals surface area (Å²) in [6.45, 7) is 3.36. The maximum atomic E-state index is 12.5. The van der Waals surface area contributed by atoms with Gasteiger partial charge in [-0.3, -0.25) is 14.9 Å². The first-order valence-corrected chi connectivity index (χ1v) is 10.7. The molecule has 0 aliphatic heterocycles. The lowest BCUT2D eigenvalue weighted by molar-refractivity contribution is -0.123. The summed E-state index contributed by atoms with van der Waals surface area (Å²) in [6, 6.07) is 4.43. The predicted molar refractivity (Wildman–Crippen MR) is 103 cm³/mol. The van der Waals surface area contributed by atoms with Gasteiger partial charge in [0.05, 0.1) is 4.88 Å². The fraction of sp³-hybridized carbons (Fsp3) is 0.353. The summed E-state index contributed by atoms with van der Waals surface area (Å²) in [6.07, 6.45) is 1.31. The Bertz CT molecular complexity index is 959. The molecule has 11 heteroatoms. The zero-order chi connectivity index (χ0) is 20.9. The minimum Gasteiger partial charge on any atom is -0.451 e. The monoisotopic (exact) mass is 427 g/mol. The highest BCUT2D eigenvalue weighted by molar-refractivity contribution is 7.89. The summed E-state index contributed by atoms with van der Waals surface area (Å²) >= 11 is 1.17. The molecule has 9 nitrogen and oxygen atoms in total. The molecule has 0 saturated carbocycles. The molecule has 0 spiro atoms. The average molecular weight is 428 g/mol. The van der Waals surface area contributed by atoms with Crippen LogP contribution >= 0.6 is 11.3 Å². The van der Waals surface area contributed by atoms with Gasteiger partial charge in [0.2, 0.25) is 10.0 Å². The third-order valence-corrected chi connectivity index (χ3v) is 6.75. The number of carbonyl (C=O) groups is 3. The van der Waals surface area contributed by atoms with Crippen LogP contribution in [0.3, 0.4) is 0 Å². The van der Waals surface area contributed by atoms with E-state index in [2.05, 4.69) is 5.32 Å². The van der Waals surface area contributed by atoms with Crippen LogP contribution in [0.4, 0.5) is 0 Å². The van der Waals surface area contributed by atoms with Crippen molar-refractivity contribution in [2.45, 2.75) is 18.7 Å². The molecule has 152 valence electrons. The molecule has 0 saturated heterocycles. The molecule has 0 radical (unpaired) electrons. The van der Waals surface area contributed by atoms with Crippen LogP contribution in [0.2, 0.25) is 0 Å². The summed E-state index contributed by atoms with van der Waals surface area (Å²) in [5.41, 5.74) is -0.0249. The molecular formula is C17H21N3O6S2. The van der Waals surface area contributed by atoms with E-state index in [-0.39, 0.29) is 10.6 Å². The molecule has 1 N–H and O–H groups in total. The number of nitrogens with zero attached hydrogens (tertiary/aromatic N) is 2. The number of imide groups is 1. The summed E-state index contributed by atoms with van der Waals surface area (Å²) in [5.74, 6) is -2.23. The van der Waals surface area contributed by atoms with Crippen molar-refractivity contribution in [3.63, 3.8) is 0 Å². The second-order valence-corrected chi connectivity index (χ2v) is 8.58. The Morgan fingerprint density at radius 1 is 1.25 bits per heavy atom. The quantitative estimate of drug-likeness (QED) is 0.634. The van der Waals surface area contributed by atoms with Crippen LogP contribution in [-0.2, 0) is 26.6 Å². The van der Waals surface area contributed by atoms with Gasteiger partial charge in [-0.1, -0.05) is 19.9 Å². The number of hydrogen-bond acceptors (Lipinski definition) is 7. The third-order valence-electron chi connectivity index (χ3n) is 3.86. The molecule has 0 unspecified atom stereocenters. The maximum Gasteiger partial charge on any atom is 0.355 e. The number of sulfonamides is 1. The lowest BCUT2D eigenvalue weighted by Gasteiger charge is -2.17. The maximum absolute atomic E-state index is 12.5. The minimum atomic E-state index is -3.73. The van der Waals surface area contributed by atoms with Crippen molar-refractivity contribution in [3.05, 3.63) is 40.3 Å². The smallest absolute Gasteiger partial charge is 0.355 e. The second-order valence-electron chi connectivity index (χ2n) is 5.69. The molecule has 2 heterocycles. The second kappa shape index (κ2) is 9.13. The van der Waals surface area contributed by atoms with Crippen LogP contribution in [0.25, 0.3) is 0 Å². The van der Waals surface area contributed by atoms with Gasteiger partial charge in [-0.15, -0.1) is 11.3 Å². The first-order valence-electron chi connectivity index (χ1n) is 8.42. The third kappa shape index (κ3) is 4.86. The number of thiophene rings is 1. The molecule has 2 aromatic rings. The van der Waals surface area contributed by atoms with Gasteiger partial charge in [-0.2, -0.15) is 4.31 Å². The predicted octanol–water partition coefficient (Wildman–Crippen LogP) is 1.23. The van der Waals surface area contributed by atoms with E-state index in [1.807, 2.05) is 0 Å². The Morgan fingerprint density at radius 3 is 2.50 bits per heavy atom. The minimum absolute atomic E-state index is 0.0249. The number of esters is 1. The Balaban J connectivity index is 2.02. The molecule has 0 fully saturated rings. The molecule has 28 heavy (non-hydrogen) atoms. The molecular weight excluding hydrogens is 406 g/mol. The Kier molecular flexibility index (Phi) is 7.11. The van der Waals surface area contributed by atoms with E-state index in [4.69, 9.17) is 4.74 Å². The van der Waals surface area contributed by atoms with Crippen molar-refractivity contribution in [2.75, 3.05) is 19.7 Å². The number of hydrogen-bond donors (Lipinski definition) is 1. The van der Waals surface area contributed by atoms with E-state index in [1.165, 1.54) is 39.5 Å². The van der Waals surface area contributed by atoms with Crippen molar-refractivity contribution < 1.29 is 27.5 Å². The largest absolute Gasteiger partial charge is 0.451 e. The Labute approximate surface area is 167 Å². The topological polar surface area (TPSA) is 115 Å². The zero-order valence-corrected chi connectivity index (χ0v) is 17.3. The van der Waals surface area contributed by atoms with E-state index in [0.717, 1.165) is 0 Å². The van der Waals surface area contributed by atoms with E-state index < -0.39 is 34.4 Å². The van der Waals surface area contributed by atoms with Crippen LogP contribution < -0.4 is 5.32 Å². The number of ether oxygens (including phenoxy) is 1. The fourth-order valence-corrected chi connectivity index (χ4v) is 4.58. The van der Waals surface area contributed by atoms with Gasteiger partial charge in [0.1, 0.15) is 10.6 Å². The van der Waals surface area contributed by atoms with Gasteiger partial charge < -0.3 is 9.30 Å². The number of aryl methyl sites for hydroxylation is 1. The lowest BCUT2D eigenvalue weighted by Crippen LogP contribution is -2.33. The first kappa shape index (κ1) is 21.8. The number of amides is 2. The molecule has 2 rings (SSSR count). The van der Waals surface area contributed by atoms with Crippen LogP contribution in [0, 0.1) is 0 Å². The van der Waals surface area contributed by atoms with Crippen LogP contribution in [0.5, 0.6) is 0 Å². The van der Waals surface area contributed by atoms with Gasteiger partial charge in [0.15, 0.2) is 6.61 Å². The normalized spacial score (nSPS) is 11.4. The summed E-state index contributed by atoms with van der Waals surface area (Å²) < 4.78 is 32.6. The van der Waals surface area contributed by atoms with Crippen molar-refractivity contribution in [1.29, 1.82) is 0 Å². The van der Waals surface area contributed by atoms with E-state index in [0.29, 0.717) is 18.0 Å². The number of nitrogens with one attached hydrogen (secondary N) is 1. The first-order chi connectivity index (χ1) is 13.2. The number of aromatic nitrogens is 1. The number of carbonyl (C=O) groups excluding carboxylic acids is 3.